The van der Waals surface area contributed by atoms with Gasteiger partial charge in [-0.15, -0.1) is 0 Å². The summed E-state index contributed by atoms with van der Waals surface area (Å²) in [5, 5.41) is 0.783. The van der Waals surface area contributed by atoms with Crippen LogP contribution in [0.25, 0.3) is 0 Å². The fourth-order valence-corrected chi connectivity index (χ4v) is 2.95. The van der Waals surface area contributed by atoms with Crippen LogP contribution < -0.4 is 5.73 Å². The molecule has 1 aromatic carbocycles. The van der Waals surface area contributed by atoms with E-state index in [0.29, 0.717) is 17.9 Å². The van der Waals surface area contributed by atoms with Crippen molar-refractivity contribution in [3.8, 4) is 0 Å². The number of nitrogens with two attached hydrogens (primary N) is 1. The highest BCUT2D eigenvalue weighted by molar-refractivity contribution is 6.30. The maximum absolute atomic E-state index is 6.01. The Morgan fingerprint density at radius 3 is 2.55 bits per heavy atom. The van der Waals surface area contributed by atoms with Gasteiger partial charge in [0.1, 0.15) is 0 Å². The molecule has 3 heteroatoms. The molecule has 2 N–H and O–H groups in total. The number of hydrogen-bond donors (Lipinski definition) is 1. The Morgan fingerprint density at radius 1 is 1.40 bits per heavy atom. The average Bonchev–Trinajstić information content (AvgIpc) is 2.82. The predicted molar refractivity (Wildman–Crippen MR) is 87.2 cm³/mol. The van der Waals surface area contributed by atoms with Crippen LogP contribution in [-0.4, -0.2) is 30.6 Å². The second-order valence-electron chi connectivity index (χ2n) is 6.14. The topological polar surface area (TPSA) is 29.3 Å². The molecule has 1 saturated heterocycles. The SMILES string of the molecule is C=C(C(C)C)[C@H](CN1CC[C@@H](N)C1)c1ccc(Cl)cc1. The van der Waals surface area contributed by atoms with Crippen molar-refractivity contribution >= 4 is 11.6 Å². The van der Waals surface area contributed by atoms with Gasteiger partial charge in [-0.25, -0.2) is 0 Å². The number of rotatable bonds is 5. The molecule has 0 spiro atoms. The van der Waals surface area contributed by atoms with Gasteiger partial charge in [-0.05, 0) is 36.6 Å². The highest BCUT2D eigenvalue weighted by atomic mass is 35.5. The largest absolute Gasteiger partial charge is 0.326 e. The van der Waals surface area contributed by atoms with Crippen molar-refractivity contribution in [1.29, 1.82) is 0 Å². The first-order valence-electron chi connectivity index (χ1n) is 7.39. The van der Waals surface area contributed by atoms with Gasteiger partial charge >= 0.3 is 0 Å². The van der Waals surface area contributed by atoms with Crippen LogP contribution >= 0.6 is 11.6 Å². The molecule has 1 aromatic rings. The smallest absolute Gasteiger partial charge is 0.0406 e. The standard InChI is InChI=1S/C17H25ClN2/c1-12(2)13(3)17(11-20-9-8-16(19)10-20)14-4-6-15(18)7-5-14/h4-7,12,16-17H,3,8-11,19H2,1-2H3/t16-,17+/m1/s1. The summed E-state index contributed by atoms with van der Waals surface area (Å²) < 4.78 is 0. The van der Waals surface area contributed by atoms with Crippen LogP contribution in [0.4, 0.5) is 0 Å². The summed E-state index contributed by atoms with van der Waals surface area (Å²) in [6, 6.07) is 8.50. The summed E-state index contributed by atoms with van der Waals surface area (Å²) in [7, 11) is 0. The molecule has 0 aliphatic carbocycles. The molecule has 110 valence electrons. The van der Waals surface area contributed by atoms with Crippen LogP contribution in [0.3, 0.4) is 0 Å². The Kier molecular flexibility index (Phi) is 5.25. The molecule has 2 rings (SSSR count). The Hall–Kier alpha value is -0.830. The summed E-state index contributed by atoms with van der Waals surface area (Å²) in [6.07, 6.45) is 1.10. The summed E-state index contributed by atoms with van der Waals surface area (Å²) >= 11 is 6.00. The fourth-order valence-electron chi connectivity index (χ4n) is 2.82. The van der Waals surface area contributed by atoms with Crippen LogP contribution in [0.5, 0.6) is 0 Å². The van der Waals surface area contributed by atoms with Gasteiger partial charge in [-0.1, -0.05) is 49.7 Å². The van der Waals surface area contributed by atoms with E-state index >= 15 is 0 Å². The fraction of sp³-hybridized carbons (Fsp3) is 0.529. The monoisotopic (exact) mass is 292 g/mol. The van der Waals surface area contributed by atoms with E-state index in [9.17, 15) is 0 Å². The molecule has 1 heterocycles. The maximum atomic E-state index is 6.01. The number of hydrogen-bond acceptors (Lipinski definition) is 2. The third kappa shape index (κ3) is 3.85. The second-order valence-corrected chi connectivity index (χ2v) is 6.58. The Balaban J connectivity index is 2.16. The zero-order chi connectivity index (χ0) is 14.7. The average molecular weight is 293 g/mol. The lowest BCUT2D eigenvalue weighted by Gasteiger charge is -2.28. The van der Waals surface area contributed by atoms with E-state index in [4.69, 9.17) is 17.3 Å². The molecule has 2 atom stereocenters. The van der Waals surface area contributed by atoms with Crippen molar-refractivity contribution in [2.24, 2.45) is 11.7 Å². The minimum Gasteiger partial charge on any atom is -0.326 e. The summed E-state index contributed by atoms with van der Waals surface area (Å²) in [5.41, 5.74) is 8.60. The highest BCUT2D eigenvalue weighted by Gasteiger charge is 2.25. The zero-order valence-corrected chi connectivity index (χ0v) is 13.2. The quantitative estimate of drug-likeness (QED) is 0.839. The lowest BCUT2D eigenvalue weighted by molar-refractivity contribution is 0.317. The molecule has 0 unspecified atom stereocenters. The number of likely N-dealkylation sites (tertiary alicyclic amines) is 1. The molecule has 0 bridgehead atoms. The van der Waals surface area contributed by atoms with E-state index < -0.39 is 0 Å². The first-order valence-corrected chi connectivity index (χ1v) is 7.77. The Labute approximate surface area is 127 Å². The van der Waals surface area contributed by atoms with E-state index in [-0.39, 0.29) is 0 Å². The third-order valence-electron chi connectivity index (χ3n) is 4.21. The lowest BCUT2D eigenvalue weighted by Crippen LogP contribution is -2.31. The third-order valence-corrected chi connectivity index (χ3v) is 4.46. The van der Waals surface area contributed by atoms with Gasteiger partial charge in [0.2, 0.25) is 0 Å². The van der Waals surface area contributed by atoms with Crippen molar-refractivity contribution in [3.05, 3.63) is 47.0 Å². The number of nitrogens with zero attached hydrogens (tertiary/aromatic N) is 1. The van der Waals surface area contributed by atoms with Crippen molar-refractivity contribution in [1.82, 2.24) is 4.90 Å². The van der Waals surface area contributed by atoms with Crippen LogP contribution in [-0.2, 0) is 0 Å². The summed E-state index contributed by atoms with van der Waals surface area (Å²) in [5.74, 6) is 0.838. The van der Waals surface area contributed by atoms with Crippen LogP contribution in [0.15, 0.2) is 36.4 Å². The van der Waals surface area contributed by atoms with Gasteiger partial charge in [0, 0.05) is 30.1 Å². The summed E-state index contributed by atoms with van der Waals surface area (Å²) in [4.78, 5) is 2.46. The van der Waals surface area contributed by atoms with Gasteiger partial charge in [0.05, 0.1) is 0 Å². The minimum atomic E-state index is 0.327. The molecule has 0 aromatic heterocycles. The molecule has 2 nitrogen and oxygen atoms in total. The molecule has 0 radical (unpaired) electrons. The maximum Gasteiger partial charge on any atom is 0.0406 e. The minimum absolute atomic E-state index is 0.327. The molecule has 1 fully saturated rings. The van der Waals surface area contributed by atoms with Crippen molar-refractivity contribution in [3.63, 3.8) is 0 Å². The molecule has 0 amide bonds. The molecular weight excluding hydrogens is 268 g/mol. The van der Waals surface area contributed by atoms with Gasteiger partial charge in [-0.3, -0.25) is 0 Å². The van der Waals surface area contributed by atoms with Crippen LogP contribution in [0.1, 0.15) is 31.7 Å². The van der Waals surface area contributed by atoms with Crippen molar-refractivity contribution in [2.45, 2.75) is 32.2 Å². The lowest BCUT2D eigenvalue weighted by atomic mass is 9.85. The summed E-state index contributed by atoms with van der Waals surface area (Å²) in [6.45, 7) is 11.8. The number of benzene rings is 1. The Bertz CT molecular complexity index is 453. The molecular formula is C17H25ClN2. The van der Waals surface area contributed by atoms with Gasteiger partial charge in [0.15, 0.2) is 0 Å². The molecule has 20 heavy (non-hydrogen) atoms. The van der Waals surface area contributed by atoms with E-state index in [0.717, 1.165) is 31.1 Å². The van der Waals surface area contributed by atoms with Gasteiger partial charge in [-0.2, -0.15) is 0 Å². The normalized spacial score (nSPS) is 21.4. The molecule has 1 aliphatic rings. The van der Waals surface area contributed by atoms with E-state index in [1.165, 1.54) is 11.1 Å². The van der Waals surface area contributed by atoms with E-state index in [1.54, 1.807) is 0 Å². The van der Waals surface area contributed by atoms with Crippen molar-refractivity contribution in [2.75, 3.05) is 19.6 Å². The molecule has 0 saturated carbocycles. The van der Waals surface area contributed by atoms with Crippen molar-refractivity contribution < 1.29 is 0 Å². The van der Waals surface area contributed by atoms with E-state index in [1.807, 2.05) is 12.1 Å². The highest BCUT2D eigenvalue weighted by Crippen LogP contribution is 2.31. The van der Waals surface area contributed by atoms with Crippen LogP contribution in [0.2, 0.25) is 5.02 Å². The first kappa shape index (κ1) is 15.6. The first-order chi connectivity index (χ1) is 9.47. The Morgan fingerprint density at radius 2 is 2.05 bits per heavy atom. The van der Waals surface area contributed by atoms with E-state index in [2.05, 4.69) is 37.5 Å². The second kappa shape index (κ2) is 6.75. The molecule has 1 aliphatic heterocycles. The van der Waals surface area contributed by atoms with Crippen LogP contribution in [0, 0.1) is 5.92 Å². The predicted octanol–water partition coefficient (Wildman–Crippen LogP) is 3.67. The zero-order valence-electron chi connectivity index (χ0n) is 12.5. The number of halogens is 1. The van der Waals surface area contributed by atoms with Gasteiger partial charge < -0.3 is 10.6 Å². The van der Waals surface area contributed by atoms with Gasteiger partial charge in [0.25, 0.3) is 0 Å².